The van der Waals surface area contributed by atoms with Gasteiger partial charge in [0.25, 0.3) is 5.88 Å². The number of hydrogen-bond donors (Lipinski definition) is 0. The van der Waals surface area contributed by atoms with Crippen LogP contribution in [0.15, 0.2) is 72.8 Å². The molecule has 194 valence electrons. The third kappa shape index (κ3) is 5.05. The molecule has 1 aromatic heterocycles. The molecule has 2 heterocycles. The largest absolute Gasteiger partial charge is 0.472 e. The van der Waals surface area contributed by atoms with Gasteiger partial charge in [-0.25, -0.2) is 0 Å². The summed E-state index contributed by atoms with van der Waals surface area (Å²) in [6.45, 7) is 7.19. The number of fused-ring (bicyclic) bond motifs is 5. The summed E-state index contributed by atoms with van der Waals surface area (Å²) in [6, 6.07) is 24.6. The summed E-state index contributed by atoms with van der Waals surface area (Å²) < 4.78 is 15.4. The normalized spacial score (nSPS) is 15.3. The van der Waals surface area contributed by atoms with Crippen molar-refractivity contribution in [1.29, 1.82) is 0 Å². The van der Waals surface area contributed by atoms with Crippen molar-refractivity contribution in [1.82, 2.24) is 13.6 Å². The lowest BCUT2D eigenvalue weighted by atomic mass is 9.94. The second kappa shape index (κ2) is 11.2. The Morgan fingerprint density at radius 3 is 2.58 bits per heavy atom. The highest BCUT2D eigenvalue weighted by Gasteiger charge is 2.22. The highest BCUT2D eigenvalue weighted by Crippen LogP contribution is 2.34. The van der Waals surface area contributed by atoms with E-state index >= 15 is 0 Å². The van der Waals surface area contributed by atoms with Crippen LogP contribution in [-0.2, 0) is 6.54 Å². The Labute approximate surface area is 229 Å². The lowest BCUT2D eigenvalue weighted by molar-refractivity contribution is 0.199. The summed E-state index contributed by atoms with van der Waals surface area (Å²) in [5, 5.41) is 7.92. The molecule has 0 aliphatic carbocycles. The second-order valence-corrected chi connectivity index (χ2v) is 11.1. The van der Waals surface area contributed by atoms with Gasteiger partial charge >= 0.3 is 0 Å². The lowest BCUT2D eigenvalue weighted by Crippen LogP contribution is -2.29. The fourth-order valence-corrected chi connectivity index (χ4v) is 6.32. The molecule has 0 spiro atoms. The van der Waals surface area contributed by atoms with Gasteiger partial charge < -0.3 is 4.74 Å². The molecule has 0 saturated heterocycles. The zero-order chi connectivity index (χ0) is 25.9. The molecule has 0 fully saturated rings. The van der Waals surface area contributed by atoms with Gasteiger partial charge in [0.15, 0.2) is 0 Å². The predicted octanol–water partition coefficient (Wildman–Crippen LogP) is 8.63. The standard InChI is InChI=1S/C33H35N3OS/c1-3-4-5-10-23(2)37-33-32(34-38-35-33)26-13-9-20-36(22-26)21-25-12-8-15-29-28(25)18-19-30-27-14-7-6-11-24(27)16-17-31(29)30/h6-8,11-19,23H,3-5,9-10,20-22H2,1-2H3. The zero-order valence-electron chi connectivity index (χ0n) is 22.3. The minimum absolute atomic E-state index is 0.159. The van der Waals surface area contributed by atoms with Crippen LogP contribution in [-0.4, -0.2) is 32.8 Å². The van der Waals surface area contributed by atoms with E-state index in [2.05, 4.69) is 100 Å². The SMILES string of the molecule is CCCCCC(C)Oc1nsnc1C1=CCCN(Cc2cccc3c2ccc2c4ccccc4ccc32)C1. The van der Waals surface area contributed by atoms with Gasteiger partial charge in [0.1, 0.15) is 5.69 Å². The zero-order valence-corrected chi connectivity index (χ0v) is 23.1. The van der Waals surface area contributed by atoms with Crippen molar-refractivity contribution >= 4 is 49.6 Å². The third-order valence-electron chi connectivity index (χ3n) is 7.79. The molecule has 4 nitrogen and oxygen atoms in total. The third-order valence-corrected chi connectivity index (χ3v) is 8.30. The highest BCUT2D eigenvalue weighted by molar-refractivity contribution is 6.99. The van der Waals surface area contributed by atoms with E-state index in [1.807, 2.05) is 0 Å². The first-order valence-electron chi connectivity index (χ1n) is 13.9. The van der Waals surface area contributed by atoms with Crippen molar-refractivity contribution in [2.24, 2.45) is 0 Å². The van der Waals surface area contributed by atoms with Gasteiger partial charge in [0.2, 0.25) is 0 Å². The highest BCUT2D eigenvalue weighted by atomic mass is 32.1. The molecule has 0 amide bonds. The van der Waals surface area contributed by atoms with Gasteiger partial charge in [0, 0.05) is 19.6 Å². The van der Waals surface area contributed by atoms with Crippen molar-refractivity contribution in [2.45, 2.75) is 58.6 Å². The van der Waals surface area contributed by atoms with E-state index in [0.717, 1.165) is 38.2 Å². The first kappa shape index (κ1) is 25.0. The molecule has 1 aliphatic rings. The minimum atomic E-state index is 0.159. The van der Waals surface area contributed by atoms with Crippen LogP contribution in [0, 0.1) is 0 Å². The lowest BCUT2D eigenvalue weighted by Gasteiger charge is -2.27. The Morgan fingerprint density at radius 1 is 0.868 bits per heavy atom. The van der Waals surface area contributed by atoms with Crippen LogP contribution < -0.4 is 4.74 Å². The van der Waals surface area contributed by atoms with Crippen LogP contribution in [0.3, 0.4) is 0 Å². The molecule has 1 aliphatic heterocycles. The topological polar surface area (TPSA) is 38.3 Å². The second-order valence-electron chi connectivity index (χ2n) is 10.5. The van der Waals surface area contributed by atoms with E-state index in [1.165, 1.54) is 74.4 Å². The molecule has 1 atom stereocenters. The smallest absolute Gasteiger partial charge is 0.253 e. The van der Waals surface area contributed by atoms with E-state index in [-0.39, 0.29) is 6.10 Å². The van der Waals surface area contributed by atoms with Crippen LogP contribution in [0.25, 0.3) is 37.9 Å². The van der Waals surface area contributed by atoms with Gasteiger partial charge in [-0.1, -0.05) is 92.6 Å². The van der Waals surface area contributed by atoms with E-state index in [4.69, 9.17) is 4.74 Å². The number of unbranched alkanes of at least 4 members (excludes halogenated alkanes) is 2. The molecule has 6 rings (SSSR count). The number of hydrogen-bond acceptors (Lipinski definition) is 5. The molecule has 5 aromatic rings. The minimum Gasteiger partial charge on any atom is -0.472 e. The van der Waals surface area contributed by atoms with Crippen LogP contribution in [0.5, 0.6) is 5.88 Å². The molecular weight excluding hydrogens is 486 g/mol. The van der Waals surface area contributed by atoms with E-state index in [9.17, 15) is 0 Å². The molecule has 0 saturated carbocycles. The average Bonchev–Trinajstić information content (AvgIpc) is 3.41. The first-order valence-corrected chi connectivity index (χ1v) is 14.7. The maximum absolute atomic E-state index is 6.25. The maximum Gasteiger partial charge on any atom is 0.253 e. The van der Waals surface area contributed by atoms with E-state index < -0.39 is 0 Å². The number of nitrogens with zero attached hydrogens (tertiary/aromatic N) is 3. The molecule has 4 aromatic carbocycles. The fourth-order valence-electron chi connectivity index (χ4n) is 5.80. The van der Waals surface area contributed by atoms with Gasteiger partial charge in [-0.05, 0) is 69.6 Å². The van der Waals surface area contributed by atoms with Crippen molar-refractivity contribution < 1.29 is 4.74 Å². The first-order chi connectivity index (χ1) is 18.7. The van der Waals surface area contributed by atoms with E-state index in [1.54, 1.807) is 0 Å². The summed E-state index contributed by atoms with van der Waals surface area (Å²) in [7, 11) is 0. The van der Waals surface area contributed by atoms with Crippen LogP contribution in [0.2, 0.25) is 0 Å². The van der Waals surface area contributed by atoms with Gasteiger partial charge in [-0.15, -0.1) is 4.37 Å². The van der Waals surface area contributed by atoms with Crippen LogP contribution in [0.1, 0.15) is 57.2 Å². The van der Waals surface area contributed by atoms with Crippen LogP contribution in [0.4, 0.5) is 0 Å². The number of aromatic nitrogens is 2. The fraction of sp³-hybridized carbons (Fsp3) is 0.333. The number of rotatable bonds is 9. The Bertz CT molecular complexity index is 1600. The summed E-state index contributed by atoms with van der Waals surface area (Å²) >= 11 is 1.25. The molecule has 5 heteroatoms. The molecule has 0 radical (unpaired) electrons. The molecule has 38 heavy (non-hydrogen) atoms. The Hall–Kier alpha value is -3.28. The number of benzene rings is 4. The summed E-state index contributed by atoms with van der Waals surface area (Å²) in [5.41, 5.74) is 3.53. The molecular formula is C33H35N3OS. The predicted molar refractivity (Wildman–Crippen MR) is 161 cm³/mol. The molecule has 1 unspecified atom stereocenters. The summed E-state index contributed by atoms with van der Waals surface area (Å²) in [5.74, 6) is 0.705. The van der Waals surface area contributed by atoms with Gasteiger partial charge in [-0.2, -0.15) is 4.37 Å². The van der Waals surface area contributed by atoms with Crippen molar-refractivity contribution in [3.8, 4) is 5.88 Å². The van der Waals surface area contributed by atoms with Gasteiger partial charge in [0.05, 0.1) is 17.8 Å². The Morgan fingerprint density at radius 2 is 1.66 bits per heavy atom. The van der Waals surface area contributed by atoms with Crippen LogP contribution >= 0.6 is 11.7 Å². The average molecular weight is 522 g/mol. The molecule has 0 bridgehead atoms. The Kier molecular flexibility index (Phi) is 7.39. The van der Waals surface area contributed by atoms with Crippen molar-refractivity contribution in [2.75, 3.05) is 13.1 Å². The summed E-state index contributed by atoms with van der Waals surface area (Å²) in [6.07, 6.45) is 8.21. The summed E-state index contributed by atoms with van der Waals surface area (Å²) in [4.78, 5) is 2.53. The van der Waals surface area contributed by atoms with Gasteiger partial charge in [-0.3, -0.25) is 4.90 Å². The maximum atomic E-state index is 6.25. The Balaban J connectivity index is 1.22. The number of ether oxygens (including phenoxy) is 1. The van der Waals surface area contributed by atoms with Crippen molar-refractivity contribution in [3.05, 3.63) is 84.1 Å². The van der Waals surface area contributed by atoms with Crippen molar-refractivity contribution in [3.63, 3.8) is 0 Å². The monoisotopic (exact) mass is 521 g/mol. The van der Waals surface area contributed by atoms with E-state index in [0.29, 0.717) is 5.88 Å². The molecule has 0 N–H and O–H groups in total. The quantitative estimate of drug-likeness (QED) is 0.144.